The van der Waals surface area contributed by atoms with Crippen LogP contribution in [0.25, 0.3) is 11.8 Å². The Labute approximate surface area is 132 Å². The van der Waals surface area contributed by atoms with Crippen molar-refractivity contribution >= 4 is 34.4 Å². The zero-order valence-corrected chi connectivity index (χ0v) is 13.9. The first-order chi connectivity index (χ1) is 9.38. The molecule has 0 saturated heterocycles. The number of halogens is 1. The van der Waals surface area contributed by atoms with Gasteiger partial charge in [0.05, 0.1) is 5.70 Å². The minimum absolute atomic E-state index is 0.278. The molecule has 0 saturated carbocycles. The first-order valence-corrected chi connectivity index (χ1v) is 7.46. The highest BCUT2D eigenvalue weighted by Crippen LogP contribution is 2.28. The minimum Gasteiger partial charge on any atom is -0.386 e. The molecule has 0 bridgehead atoms. The van der Waals surface area contributed by atoms with Crippen LogP contribution in [0.2, 0.25) is 0 Å². The lowest BCUT2D eigenvalue weighted by Crippen LogP contribution is -2.29. The van der Waals surface area contributed by atoms with Gasteiger partial charge in [0, 0.05) is 3.57 Å². The monoisotopic (exact) mass is 383 g/mol. The molecule has 1 heterocycles. The van der Waals surface area contributed by atoms with E-state index in [1.54, 1.807) is 11.0 Å². The summed E-state index contributed by atoms with van der Waals surface area (Å²) in [5, 5.41) is 14.7. The molecule has 1 N–H and O–H groups in total. The van der Waals surface area contributed by atoms with Gasteiger partial charge in [-0.1, -0.05) is 32.9 Å². The van der Waals surface area contributed by atoms with Crippen molar-refractivity contribution < 1.29 is 5.11 Å². The Balaban J connectivity index is 2.47. The molecule has 0 spiro atoms. The molecular weight excluding hydrogens is 365 g/mol. The number of nitrogens with zero attached hydrogens (tertiary/aromatic N) is 3. The second-order valence-corrected chi connectivity index (χ2v) is 6.98. The van der Waals surface area contributed by atoms with Gasteiger partial charge in [-0.15, -0.1) is 0 Å². The van der Waals surface area contributed by atoms with Gasteiger partial charge in [-0.05, 0) is 51.8 Å². The van der Waals surface area contributed by atoms with E-state index in [-0.39, 0.29) is 5.41 Å². The highest BCUT2D eigenvalue weighted by atomic mass is 127. The summed E-state index contributed by atoms with van der Waals surface area (Å²) in [5.74, 6) is 0. The standard InChI is InChI=1S/C15H18IN3O/c1-15(2,3)14(20)13(19-10-17-9-18-19)8-11-5-4-6-12(16)7-11/h4-10,14,20H,1-3H3/b13-8+. The SMILES string of the molecule is CC(C)(C)C(O)/C(=C\c1cccc(I)c1)n1cncn1. The van der Waals surface area contributed by atoms with E-state index in [1.165, 1.54) is 6.33 Å². The van der Waals surface area contributed by atoms with E-state index in [0.29, 0.717) is 0 Å². The molecule has 1 aromatic heterocycles. The van der Waals surface area contributed by atoms with Gasteiger partial charge >= 0.3 is 0 Å². The highest BCUT2D eigenvalue weighted by Gasteiger charge is 2.27. The average molecular weight is 383 g/mol. The maximum atomic E-state index is 10.6. The third-order valence-corrected chi connectivity index (χ3v) is 3.62. The molecule has 4 nitrogen and oxygen atoms in total. The lowest BCUT2D eigenvalue weighted by atomic mass is 9.86. The Hall–Kier alpha value is -1.21. The zero-order valence-electron chi connectivity index (χ0n) is 11.8. The third kappa shape index (κ3) is 3.67. The third-order valence-electron chi connectivity index (χ3n) is 2.95. The van der Waals surface area contributed by atoms with E-state index < -0.39 is 6.10 Å². The molecule has 2 aromatic rings. The van der Waals surface area contributed by atoms with Gasteiger partial charge < -0.3 is 5.11 Å². The molecule has 0 aliphatic rings. The molecule has 2 rings (SSSR count). The predicted octanol–water partition coefficient (Wildman–Crippen LogP) is 3.29. The average Bonchev–Trinajstić information content (AvgIpc) is 2.87. The van der Waals surface area contributed by atoms with Gasteiger partial charge in [0.15, 0.2) is 0 Å². The van der Waals surface area contributed by atoms with Gasteiger partial charge in [0.2, 0.25) is 0 Å². The van der Waals surface area contributed by atoms with Crippen molar-refractivity contribution in [1.29, 1.82) is 0 Å². The van der Waals surface area contributed by atoms with Crippen LogP contribution in [0.4, 0.5) is 0 Å². The first-order valence-electron chi connectivity index (χ1n) is 6.38. The van der Waals surface area contributed by atoms with Crippen LogP contribution < -0.4 is 0 Å². The molecule has 1 unspecified atom stereocenters. The fourth-order valence-electron chi connectivity index (χ4n) is 1.82. The number of benzene rings is 1. The van der Waals surface area contributed by atoms with Gasteiger partial charge in [0.1, 0.15) is 18.8 Å². The van der Waals surface area contributed by atoms with Gasteiger partial charge in [-0.2, -0.15) is 5.10 Å². The highest BCUT2D eigenvalue weighted by molar-refractivity contribution is 14.1. The predicted molar refractivity (Wildman–Crippen MR) is 88.8 cm³/mol. The van der Waals surface area contributed by atoms with E-state index >= 15 is 0 Å². The number of rotatable bonds is 3. The summed E-state index contributed by atoms with van der Waals surface area (Å²) in [7, 11) is 0. The quantitative estimate of drug-likeness (QED) is 0.828. The summed E-state index contributed by atoms with van der Waals surface area (Å²) in [4.78, 5) is 3.97. The summed E-state index contributed by atoms with van der Waals surface area (Å²) in [6.07, 6.45) is 4.39. The smallest absolute Gasteiger partial charge is 0.138 e. The van der Waals surface area contributed by atoms with Crippen molar-refractivity contribution in [2.24, 2.45) is 5.41 Å². The van der Waals surface area contributed by atoms with E-state index in [4.69, 9.17) is 0 Å². The summed E-state index contributed by atoms with van der Waals surface area (Å²) in [6.45, 7) is 5.99. The van der Waals surface area contributed by atoms with Crippen LogP contribution in [0.5, 0.6) is 0 Å². The Morgan fingerprint density at radius 2 is 2.15 bits per heavy atom. The van der Waals surface area contributed by atoms with Crippen molar-refractivity contribution in [3.63, 3.8) is 0 Å². The molecule has 106 valence electrons. The van der Waals surface area contributed by atoms with Crippen molar-refractivity contribution in [1.82, 2.24) is 14.8 Å². The molecule has 5 heteroatoms. The lowest BCUT2D eigenvalue weighted by molar-refractivity contribution is 0.109. The van der Waals surface area contributed by atoms with Gasteiger partial charge in [0.25, 0.3) is 0 Å². The van der Waals surface area contributed by atoms with E-state index in [1.807, 2.05) is 45.0 Å². The minimum atomic E-state index is -0.637. The van der Waals surface area contributed by atoms with Crippen LogP contribution >= 0.6 is 22.6 Å². The van der Waals surface area contributed by atoms with Crippen molar-refractivity contribution in [2.75, 3.05) is 0 Å². The molecule has 0 aliphatic heterocycles. The molecule has 0 radical (unpaired) electrons. The second-order valence-electron chi connectivity index (χ2n) is 5.73. The van der Waals surface area contributed by atoms with Crippen molar-refractivity contribution in [3.05, 3.63) is 46.1 Å². The molecular formula is C15H18IN3O. The second kappa shape index (κ2) is 6.05. The Morgan fingerprint density at radius 3 is 2.70 bits per heavy atom. The van der Waals surface area contributed by atoms with Gasteiger partial charge in [-0.3, -0.25) is 0 Å². The number of hydrogen-bond donors (Lipinski definition) is 1. The fraction of sp³-hybridized carbons (Fsp3) is 0.333. The van der Waals surface area contributed by atoms with Crippen LogP contribution in [-0.2, 0) is 0 Å². The summed E-state index contributed by atoms with van der Waals surface area (Å²) >= 11 is 2.27. The van der Waals surface area contributed by atoms with Crippen LogP contribution in [0.15, 0.2) is 36.9 Å². The molecule has 20 heavy (non-hydrogen) atoms. The number of aromatic nitrogens is 3. The van der Waals surface area contributed by atoms with Crippen LogP contribution in [-0.4, -0.2) is 26.0 Å². The van der Waals surface area contributed by atoms with Gasteiger partial charge in [-0.25, -0.2) is 9.67 Å². The molecule has 1 aromatic carbocycles. The number of aliphatic hydroxyl groups is 1. The van der Waals surface area contributed by atoms with E-state index in [0.717, 1.165) is 14.8 Å². The number of hydrogen-bond acceptors (Lipinski definition) is 3. The topological polar surface area (TPSA) is 50.9 Å². The summed E-state index contributed by atoms with van der Waals surface area (Å²) in [5.41, 5.74) is 1.47. The fourth-order valence-corrected chi connectivity index (χ4v) is 2.39. The Bertz CT molecular complexity index is 600. The zero-order chi connectivity index (χ0) is 14.8. The normalized spacial score (nSPS) is 14.3. The molecule has 0 aliphatic carbocycles. The van der Waals surface area contributed by atoms with Crippen LogP contribution in [0, 0.1) is 8.99 Å². The molecule has 1 atom stereocenters. The number of aliphatic hydroxyl groups excluding tert-OH is 1. The maximum Gasteiger partial charge on any atom is 0.138 e. The lowest BCUT2D eigenvalue weighted by Gasteiger charge is -2.28. The van der Waals surface area contributed by atoms with Crippen molar-refractivity contribution in [2.45, 2.75) is 26.9 Å². The van der Waals surface area contributed by atoms with E-state index in [9.17, 15) is 5.11 Å². The largest absolute Gasteiger partial charge is 0.386 e. The maximum absolute atomic E-state index is 10.6. The Morgan fingerprint density at radius 1 is 1.40 bits per heavy atom. The Kier molecular flexibility index (Phi) is 4.59. The summed E-state index contributed by atoms with van der Waals surface area (Å²) < 4.78 is 2.77. The summed E-state index contributed by atoms with van der Waals surface area (Å²) in [6, 6.07) is 8.10. The molecule has 0 amide bonds. The van der Waals surface area contributed by atoms with Crippen LogP contribution in [0.1, 0.15) is 26.3 Å². The van der Waals surface area contributed by atoms with E-state index in [2.05, 4.69) is 38.7 Å². The van der Waals surface area contributed by atoms with Crippen LogP contribution in [0.3, 0.4) is 0 Å². The van der Waals surface area contributed by atoms with Crippen molar-refractivity contribution in [3.8, 4) is 0 Å². The first kappa shape index (κ1) is 15.2. The molecule has 0 fully saturated rings.